The van der Waals surface area contributed by atoms with E-state index in [2.05, 4.69) is 29.2 Å². The molecule has 0 saturated carbocycles. The van der Waals surface area contributed by atoms with Gasteiger partial charge in [0.2, 0.25) is 0 Å². The van der Waals surface area contributed by atoms with Crippen molar-refractivity contribution < 1.29 is 19.4 Å². The average Bonchev–Trinajstić information content (AvgIpc) is 3.22. The van der Waals surface area contributed by atoms with E-state index in [0.717, 1.165) is 38.7 Å². The zero-order valence-corrected chi connectivity index (χ0v) is 20.1. The second-order valence-electron chi connectivity index (χ2n) is 9.11. The topological polar surface area (TPSA) is 79.7 Å². The highest BCUT2D eigenvalue weighted by molar-refractivity contribution is 5.82. The SMILES string of the molecule is CCCC(C(=O)O)N(Cc1ccc2ncccc2c1)C(=O)OCC1c2ccccc2-c2ccccc21. The lowest BCUT2D eigenvalue weighted by Crippen LogP contribution is -2.45. The molecule has 6 nitrogen and oxygen atoms in total. The van der Waals surface area contributed by atoms with Gasteiger partial charge in [0, 0.05) is 24.0 Å². The first-order valence-corrected chi connectivity index (χ1v) is 12.2. The Kier molecular flexibility index (Phi) is 6.67. The van der Waals surface area contributed by atoms with Gasteiger partial charge in [-0.25, -0.2) is 9.59 Å². The lowest BCUT2D eigenvalue weighted by molar-refractivity contribution is -0.143. The number of nitrogens with zero attached hydrogens (tertiary/aromatic N) is 2. The normalized spacial score (nSPS) is 13.1. The molecule has 3 aromatic carbocycles. The number of hydrogen-bond donors (Lipinski definition) is 1. The Morgan fingerprint density at radius 3 is 2.33 bits per heavy atom. The predicted octanol–water partition coefficient (Wildman–Crippen LogP) is 6.24. The molecule has 1 atom stereocenters. The fourth-order valence-electron chi connectivity index (χ4n) is 5.09. The summed E-state index contributed by atoms with van der Waals surface area (Å²) in [5, 5.41) is 10.9. The number of rotatable bonds is 8. The second kappa shape index (κ2) is 10.2. The van der Waals surface area contributed by atoms with Crippen molar-refractivity contribution in [3.05, 3.63) is 102 Å². The molecule has 6 heteroatoms. The molecule has 36 heavy (non-hydrogen) atoms. The first-order valence-electron chi connectivity index (χ1n) is 12.2. The predicted molar refractivity (Wildman–Crippen MR) is 139 cm³/mol. The molecular formula is C30H28N2O4. The van der Waals surface area contributed by atoms with Crippen LogP contribution in [-0.2, 0) is 16.1 Å². The molecule has 5 rings (SSSR count). The summed E-state index contributed by atoms with van der Waals surface area (Å²) in [4.78, 5) is 31.3. The molecule has 1 amide bonds. The van der Waals surface area contributed by atoms with Crippen LogP contribution >= 0.6 is 0 Å². The number of aromatic nitrogens is 1. The monoisotopic (exact) mass is 480 g/mol. The van der Waals surface area contributed by atoms with Crippen LogP contribution in [0, 0.1) is 0 Å². The van der Waals surface area contributed by atoms with Gasteiger partial charge in [-0.15, -0.1) is 0 Å². The van der Waals surface area contributed by atoms with Crippen molar-refractivity contribution in [2.24, 2.45) is 0 Å². The third-order valence-corrected chi connectivity index (χ3v) is 6.81. The summed E-state index contributed by atoms with van der Waals surface area (Å²) in [6.07, 6.45) is 2.08. The van der Waals surface area contributed by atoms with Crippen LogP contribution in [0.3, 0.4) is 0 Å². The van der Waals surface area contributed by atoms with Crippen molar-refractivity contribution in [2.75, 3.05) is 6.61 Å². The van der Waals surface area contributed by atoms with E-state index >= 15 is 0 Å². The number of carbonyl (C=O) groups excluding carboxylic acids is 1. The number of amides is 1. The number of ether oxygens (including phenoxy) is 1. The number of benzene rings is 3. The zero-order chi connectivity index (χ0) is 25.1. The molecule has 1 aliphatic carbocycles. The number of pyridine rings is 1. The third kappa shape index (κ3) is 4.54. The van der Waals surface area contributed by atoms with Crippen molar-refractivity contribution in [1.29, 1.82) is 0 Å². The molecule has 0 fully saturated rings. The van der Waals surface area contributed by atoms with Gasteiger partial charge in [-0.3, -0.25) is 9.88 Å². The molecule has 182 valence electrons. The minimum Gasteiger partial charge on any atom is -0.480 e. The summed E-state index contributed by atoms with van der Waals surface area (Å²) in [6.45, 7) is 2.19. The summed E-state index contributed by atoms with van der Waals surface area (Å²) in [5.41, 5.74) is 6.19. The summed E-state index contributed by atoms with van der Waals surface area (Å²) in [7, 11) is 0. The van der Waals surface area contributed by atoms with Crippen molar-refractivity contribution in [1.82, 2.24) is 9.88 Å². The zero-order valence-electron chi connectivity index (χ0n) is 20.1. The van der Waals surface area contributed by atoms with E-state index < -0.39 is 18.1 Å². The van der Waals surface area contributed by atoms with E-state index in [1.165, 1.54) is 4.90 Å². The molecule has 1 N–H and O–H groups in total. The molecule has 0 radical (unpaired) electrons. The van der Waals surface area contributed by atoms with Crippen molar-refractivity contribution in [3.63, 3.8) is 0 Å². The number of fused-ring (bicyclic) bond motifs is 4. The van der Waals surface area contributed by atoms with Gasteiger partial charge in [0.15, 0.2) is 0 Å². The Morgan fingerprint density at radius 2 is 1.67 bits per heavy atom. The fraction of sp³-hybridized carbons (Fsp3) is 0.233. The Hall–Kier alpha value is -4.19. The Bertz CT molecular complexity index is 1370. The van der Waals surface area contributed by atoms with Crippen molar-refractivity contribution >= 4 is 23.0 Å². The fourth-order valence-corrected chi connectivity index (χ4v) is 5.09. The van der Waals surface area contributed by atoms with Crippen LogP contribution in [0.1, 0.15) is 42.4 Å². The summed E-state index contributed by atoms with van der Waals surface area (Å²) in [6, 6.07) is 24.8. The molecule has 0 saturated heterocycles. The number of hydrogen-bond acceptors (Lipinski definition) is 4. The average molecular weight is 481 g/mol. The molecule has 1 aromatic heterocycles. The highest BCUT2D eigenvalue weighted by Gasteiger charge is 2.33. The standard InChI is InChI=1S/C30H28N2O4/c1-2-8-28(29(33)34)32(18-20-14-15-27-21(17-20)9-7-16-31-27)30(35)36-19-26-24-12-5-3-10-22(24)23-11-4-6-13-25(23)26/h3-7,9-17,26,28H,2,8,18-19H2,1H3,(H,33,34). The number of carboxylic acid groups (broad SMARTS) is 1. The van der Waals surface area contributed by atoms with Gasteiger partial charge in [-0.2, -0.15) is 0 Å². The van der Waals surface area contributed by atoms with Crippen LogP contribution < -0.4 is 0 Å². The largest absolute Gasteiger partial charge is 0.480 e. The van der Waals surface area contributed by atoms with Crippen LogP contribution in [0.25, 0.3) is 22.0 Å². The quantitative estimate of drug-likeness (QED) is 0.323. The maximum Gasteiger partial charge on any atom is 0.410 e. The summed E-state index contributed by atoms with van der Waals surface area (Å²) >= 11 is 0. The Labute approximate surface area is 210 Å². The van der Waals surface area contributed by atoms with E-state index in [4.69, 9.17) is 4.74 Å². The van der Waals surface area contributed by atoms with E-state index in [0.29, 0.717) is 12.8 Å². The number of carboxylic acids is 1. The van der Waals surface area contributed by atoms with Gasteiger partial charge in [-0.05, 0) is 52.4 Å². The molecule has 0 spiro atoms. The molecule has 0 bridgehead atoms. The van der Waals surface area contributed by atoms with Gasteiger partial charge in [0.05, 0.1) is 5.52 Å². The van der Waals surface area contributed by atoms with Crippen molar-refractivity contribution in [2.45, 2.75) is 38.3 Å². The van der Waals surface area contributed by atoms with Gasteiger partial charge < -0.3 is 9.84 Å². The number of carbonyl (C=O) groups is 2. The maximum atomic E-state index is 13.4. The van der Waals surface area contributed by atoms with E-state index in [1.807, 2.05) is 61.5 Å². The first kappa shape index (κ1) is 23.5. The molecule has 4 aromatic rings. The minimum absolute atomic E-state index is 0.0932. The van der Waals surface area contributed by atoms with Gasteiger partial charge in [-0.1, -0.05) is 74.0 Å². The number of aliphatic carboxylic acids is 1. The third-order valence-electron chi connectivity index (χ3n) is 6.81. The Morgan fingerprint density at radius 1 is 0.972 bits per heavy atom. The molecule has 1 aliphatic rings. The molecular weight excluding hydrogens is 452 g/mol. The van der Waals surface area contributed by atoms with Crippen molar-refractivity contribution in [3.8, 4) is 11.1 Å². The first-order chi connectivity index (χ1) is 17.6. The second-order valence-corrected chi connectivity index (χ2v) is 9.11. The summed E-state index contributed by atoms with van der Waals surface area (Å²) in [5.74, 6) is -1.13. The molecule has 0 aliphatic heterocycles. The van der Waals surface area contributed by atoms with Crippen LogP contribution in [0.15, 0.2) is 85.1 Å². The maximum absolute atomic E-state index is 13.4. The highest BCUT2D eigenvalue weighted by atomic mass is 16.6. The minimum atomic E-state index is -1.03. The van der Waals surface area contributed by atoms with Crippen LogP contribution in [-0.4, -0.2) is 39.7 Å². The lowest BCUT2D eigenvalue weighted by Gasteiger charge is -2.29. The van der Waals surface area contributed by atoms with E-state index in [9.17, 15) is 14.7 Å². The van der Waals surface area contributed by atoms with Crippen LogP contribution in [0.2, 0.25) is 0 Å². The molecule has 1 unspecified atom stereocenters. The highest BCUT2D eigenvalue weighted by Crippen LogP contribution is 2.44. The van der Waals surface area contributed by atoms with Gasteiger partial charge >= 0.3 is 12.1 Å². The van der Waals surface area contributed by atoms with Crippen LogP contribution in [0.4, 0.5) is 4.79 Å². The Balaban J connectivity index is 1.40. The smallest absolute Gasteiger partial charge is 0.410 e. The lowest BCUT2D eigenvalue weighted by atomic mass is 9.98. The van der Waals surface area contributed by atoms with Crippen LogP contribution in [0.5, 0.6) is 0 Å². The summed E-state index contributed by atoms with van der Waals surface area (Å²) < 4.78 is 5.85. The van der Waals surface area contributed by atoms with Gasteiger partial charge in [0.25, 0.3) is 0 Å². The van der Waals surface area contributed by atoms with E-state index in [1.54, 1.807) is 6.20 Å². The molecule has 1 heterocycles. The van der Waals surface area contributed by atoms with E-state index in [-0.39, 0.29) is 19.1 Å². The van der Waals surface area contributed by atoms with Gasteiger partial charge in [0.1, 0.15) is 12.6 Å².